The summed E-state index contributed by atoms with van der Waals surface area (Å²) in [5.41, 5.74) is 9.53. The standard InChI is InChI=1S/C17H22N2O/c18-17(7-4-12-20)15-8-10-16(11-9-15)19-13-14-5-2-1-3-6-14/h1-3,5-6,8-11,17,19-20H,4,7,12-13,18H2/t17-/m1/s1. The second-order valence-electron chi connectivity index (χ2n) is 4.93. The van der Waals surface area contributed by atoms with E-state index in [0.29, 0.717) is 0 Å². The fraction of sp³-hybridized carbons (Fsp3) is 0.294. The van der Waals surface area contributed by atoms with Crippen molar-refractivity contribution < 1.29 is 5.11 Å². The van der Waals surface area contributed by atoms with Crippen molar-refractivity contribution in [1.82, 2.24) is 0 Å². The lowest BCUT2D eigenvalue weighted by Gasteiger charge is -2.12. The average molecular weight is 270 g/mol. The summed E-state index contributed by atoms with van der Waals surface area (Å²) in [5, 5.41) is 12.2. The van der Waals surface area contributed by atoms with Crippen LogP contribution in [0, 0.1) is 0 Å². The molecule has 2 aromatic carbocycles. The maximum Gasteiger partial charge on any atom is 0.0431 e. The molecule has 0 spiro atoms. The van der Waals surface area contributed by atoms with Crippen LogP contribution >= 0.6 is 0 Å². The summed E-state index contributed by atoms with van der Waals surface area (Å²) >= 11 is 0. The highest BCUT2D eigenvalue weighted by atomic mass is 16.2. The Kier molecular flexibility index (Phi) is 5.59. The number of aliphatic hydroxyl groups is 1. The minimum absolute atomic E-state index is 0.00493. The smallest absolute Gasteiger partial charge is 0.0431 e. The van der Waals surface area contributed by atoms with Crippen molar-refractivity contribution in [3.63, 3.8) is 0 Å². The lowest BCUT2D eigenvalue weighted by molar-refractivity contribution is 0.280. The summed E-state index contributed by atoms with van der Waals surface area (Å²) in [7, 11) is 0. The topological polar surface area (TPSA) is 58.3 Å². The van der Waals surface area contributed by atoms with Gasteiger partial charge >= 0.3 is 0 Å². The number of benzene rings is 2. The van der Waals surface area contributed by atoms with E-state index in [1.807, 2.05) is 18.2 Å². The number of hydrogen-bond donors (Lipinski definition) is 3. The largest absolute Gasteiger partial charge is 0.396 e. The second-order valence-corrected chi connectivity index (χ2v) is 4.93. The van der Waals surface area contributed by atoms with Gasteiger partial charge in [-0.3, -0.25) is 0 Å². The van der Waals surface area contributed by atoms with Crippen LogP contribution in [0.4, 0.5) is 5.69 Å². The lowest BCUT2D eigenvalue weighted by Crippen LogP contribution is -2.10. The number of nitrogens with two attached hydrogens (primary N) is 1. The van der Waals surface area contributed by atoms with Crippen LogP contribution in [0.1, 0.15) is 30.0 Å². The Labute approximate surface area is 120 Å². The quantitative estimate of drug-likeness (QED) is 0.724. The third-order valence-corrected chi connectivity index (χ3v) is 3.35. The first kappa shape index (κ1) is 14.6. The van der Waals surface area contributed by atoms with Crippen molar-refractivity contribution >= 4 is 5.69 Å². The Bertz CT molecular complexity index is 496. The molecule has 0 aliphatic rings. The van der Waals surface area contributed by atoms with Gasteiger partial charge in [0.2, 0.25) is 0 Å². The minimum Gasteiger partial charge on any atom is -0.396 e. The summed E-state index contributed by atoms with van der Waals surface area (Å²) in [6, 6.07) is 18.5. The summed E-state index contributed by atoms with van der Waals surface area (Å²) in [4.78, 5) is 0. The SMILES string of the molecule is N[C@H](CCCO)c1ccc(NCc2ccccc2)cc1. The highest BCUT2D eigenvalue weighted by molar-refractivity contribution is 5.45. The van der Waals surface area contributed by atoms with Crippen molar-refractivity contribution in [3.05, 3.63) is 65.7 Å². The average Bonchev–Trinajstić information content (AvgIpc) is 2.52. The van der Waals surface area contributed by atoms with Crippen molar-refractivity contribution in [2.24, 2.45) is 5.73 Å². The molecule has 0 fully saturated rings. The molecule has 0 amide bonds. The maximum atomic E-state index is 8.82. The fourth-order valence-electron chi connectivity index (χ4n) is 2.13. The highest BCUT2D eigenvalue weighted by Crippen LogP contribution is 2.18. The van der Waals surface area contributed by atoms with Crippen LogP contribution in [0.15, 0.2) is 54.6 Å². The van der Waals surface area contributed by atoms with Gasteiger partial charge in [-0.25, -0.2) is 0 Å². The van der Waals surface area contributed by atoms with Crippen LogP contribution in [0.3, 0.4) is 0 Å². The predicted octanol–water partition coefficient (Wildman–Crippen LogP) is 3.07. The highest BCUT2D eigenvalue weighted by Gasteiger charge is 2.05. The molecule has 2 aromatic rings. The molecule has 0 bridgehead atoms. The number of anilines is 1. The minimum atomic E-state index is 0.00493. The first-order chi connectivity index (χ1) is 9.79. The van der Waals surface area contributed by atoms with Crippen LogP contribution in [0.25, 0.3) is 0 Å². The third kappa shape index (κ3) is 4.37. The molecule has 106 valence electrons. The molecule has 3 heteroatoms. The zero-order valence-corrected chi connectivity index (χ0v) is 11.6. The molecule has 0 aromatic heterocycles. The van der Waals surface area contributed by atoms with Crippen molar-refractivity contribution in [3.8, 4) is 0 Å². The lowest BCUT2D eigenvalue weighted by atomic mass is 10.0. The van der Waals surface area contributed by atoms with Gasteiger partial charge in [-0.05, 0) is 36.1 Å². The molecule has 2 rings (SSSR count). The molecule has 3 nitrogen and oxygen atoms in total. The van der Waals surface area contributed by atoms with Gasteiger partial charge in [-0.2, -0.15) is 0 Å². The van der Waals surface area contributed by atoms with Crippen LogP contribution in [0.2, 0.25) is 0 Å². The van der Waals surface area contributed by atoms with Gasteiger partial charge in [0, 0.05) is 24.9 Å². The van der Waals surface area contributed by atoms with E-state index in [2.05, 4.69) is 41.7 Å². The molecule has 0 unspecified atom stereocenters. The summed E-state index contributed by atoms with van der Waals surface area (Å²) < 4.78 is 0. The van der Waals surface area contributed by atoms with Gasteiger partial charge < -0.3 is 16.2 Å². The van der Waals surface area contributed by atoms with Gasteiger partial charge in [-0.15, -0.1) is 0 Å². The number of rotatable bonds is 7. The van der Waals surface area contributed by atoms with Gasteiger partial charge in [0.1, 0.15) is 0 Å². The summed E-state index contributed by atoms with van der Waals surface area (Å²) in [6.07, 6.45) is 1.56. The van der Waals surface area contributed by atoms with Gasteiger partial charge in [0.25, 0.3) is 0 Å². The van der Waals surface area contributed by atoms with E-state index in [-0.39, 0.29) is 12.6 Å². The number of hydrogen-bond acceptors (Lipinski definition) is 3. The van der Waals surface area contributed by atoms with Crippen molar-refractivity contribution in [2.75, 3.05) is 11.9 Å². The Morgan fingerprint density at radius 3 is 2.35 bits per heavy atom. The van der Waals surface area contributed by atoms with E-state index in [1.165, 1.54) is 5.56 Å². The Balaban J connectivity index is 1.88. The molecule has 0 saturated heterocycles. The van der Waals surface area contributed by atoms with Crippen molar-refractivity contribution in [2.45, 2.75) is 25.4 Å². The molecular formula is C17H22N2O. The van der Waals surface area contributed by atoms with E-state index in [1.54, 1.807) is 0 Å². The van der Waals surface area contributed by atoms with Crippen LogP contribution in [0.5, 0.6) is 0 Å². The molecule has 0 saturated carbocycles. The van der Waals surface area contributed by atoms with Gasteiger partial charge in [-0.1, -0.05) is 42.5 Å². The molecule has 0 heterocycles. The summed E-state index contributed by atoms with van der Waals surface area (Å²) in [5.74, 6) is 0. The molecule has 0 aliphatic carbocycles. The van der Waals surface area contributed by atoms with E-state index in [9.17, 15) is 0 Å². The van der Waals surface area contributed by atoms with E-state index in [4.69, 9.17) is 10.8 Å². The van der Waals surface area contributed by atoms with Gasteiger partial charge in [0.15, 0.2) is 0 Å². The number of aliphatic hydroxyl groups excluding tert-OH is 1. The van der Waals surface area contributed by atoms with E-state index < -0.39 is 0 Å². The Morgan fingerprint density at radius 2 is 1.70 bits per heavy atom. The zero-order valence-electron chi connectivity index (χ0n) is 11.6. The third-order valence-electron chi connectivity index (χ3n) is 3.35. The maximum absolute atomic E-state index is 8.82. The van der Waals surface area contributed by atoms with Crippen LogP contribution < -0.4 is 11.1 Å². The van der Waals surface area contributed by atoms with E-state index >= 15 is 0 Å². The van der Waals surface area contributed by atoms with Gasteiger partial charge in [0.05, 0.1) is 0 Å². The first-order valence-electron chi connectivity index (χ1n) is 7.04. The zero-order chi connectivity index (χ0) is 14.2. The second kappa shape index (κ2) is 7.68. The number of nitrogens with one attached hydrogen (secondary N) is 1. The fourth-order valence-corrected chi connectivity index (χ4v) is 2.13. The monoisotopic (exact) mass is 270 g/mol. The van der Waals surface area contributed by atoms with Crippen LogP contribution in [-0.4, -0.2) is 11.7 Å². The Hall–Kier alpha value is -1.84. The Morgan fingerprint density at radius 1 is 1.00 bits per heavy atom. The molecular weight excluding hydrogens is 248 g/mol. The van der Waals surface area contributed by atoms with Crippen molar-refractivity contribution in [1.29, 1.82) is 0 Å². The molecule has 0 aliphatic heterocycles. The predicted molar refractivity (Wildman–Crippen MR) is 83.5 cm³/mol. The molecule has 0 radical (unpaired) electrons. The summed E-state index contributed by atoms with van der Waals surface area (Å²) in [6.45, 7) is 1.02. The molecule has 20 heavy (non-hydrogen) atoms. The normalized spacial score (nSPS) is 12.1. The molecule has 1 atom stereocenters. The van der Waals surface area contributed by atoms with E-state index in [0.717, 1.165) is 30.6 Å². The molecule has 4 N–H and O–H groups in total. The first-order valence-corrected chi connectivity index (χ1v) is 7.04. The van der Waals surface area contributed by atoms with Crippen LogP contribution in [-0.2, 0) is 6.54 Å².